The standard InChI is InChI=1S/C14H17NO2/c16-14(13-9-17-7-6-15-13)12-5-4-10-2-1-3-11(10)8-12/h4-5,8,13,15H,1-3,6-7,9H2. The van der Waals surface area contributed by atoms with Gasteiger partial charge in [-0.05, 0) is 36.5 Å². The fourth-order valence-electron chi connectivity index (χ4n) is 2.66. The Balaban J connectivity index is 1.81. The number of benzene rings is 1. The van der Waals surface area contributed by atoms with E-state index in [0.717, 1.165) is 24.9 Å². The van der Waals surface area contributed by atoms with E-state index < -0.39 is 0 Å². The summed E-state index contributed by atoms with van der Waals surface area (Å²) in [7, 11) is 0. The molecule has 0 aromatic heterocycles. The molecular formula is C14H17NO2. The third-order valence-corrected chi connectivity index (χ3v) is 3.62. The molecule has 3 rings (SSSR count). The van der Waals surface area contributed by atoms with Gasteiger partial charge in [0.05, 0.1) is 19.3 Å². The highest BCUT2D eigenvalue weighted by molar-refractivity contribution is 6.00. The van der Waals surface area contributed by atoms with Crippen LogP contribution in [0.15, 0.2) is 18.2 Å². The van der Waals surface area contributed by atoms with Crippen LogP contribution in [0.25, 0.3) is 0 Å². The summed E-state index contributed by atoms with van der Waals surface area (Å²) in [5, 5.41) is 3.21. The monoisotopic (exact) mass is 231 g/mol. The molecule has 1 aliphatic carbocycles. The number of ketones is 1. The van der Waals surface area contributed by atoms with Gasteiger partial charge in [-0.25, -0.2) is 0 Å². The van der Waals surface area contributed by atoms with Crippen molar-refractivity contribution in [2.24, 2.45) is 0 Å². The topological polar surface area (TPSA) is 38.3 Å². The average Bonchev–Trinajstić information content (AvgIpc) is 2.86. The van der Waals surface area contributed by atoms with E-state index >= 15 is 0 Å². The number of Topliss-reactive ketones (excluding diaryl/α,β-unsaturated/α-hetero) is 1. The minimum atomic E-state index is -0.164. The predicted molar refractivity (Wildman–Crippen MR) is 65.4 cm³/mol. The van der Waals surface area contributed by atoms with E-state index in [1.54, 1.807) is 0 Å². The molecule has 0 saturated carbocycles. The average molecular weight is 231 g/mol. The molecule has 3 heteroatoms. The molecule has 1 unspecified atom stereocenters. The van der Waals surface area contributed by atoms with E-state index in [-0.39, 0.29) is 11.8 Å². The van der Waals surface area contributed by atoms with Gasteiger partial charge < -0.3 is 10.1 Å². The highest BCUT2D eigenvalue weighted by Gasteiger charge is 2.23. The molecule has 0 radical (unpaired) electrons. The maximum atomic E-state index is 12.3. The van der Waals surface area contributed by atoms with Crippen molar-refractivity contribution >= 4 is 5.78 Å². The maximum Gasteiger partial charge on any atom is 0.182 e. The molecule has 1 atom stereocenters. The fourth-order valence-corrected chi connectivity index (χ4v) is 2.66. The van der Waals surface area contributed by atoms with Crippen LogP contribution in [0.1, 0.15) is 27.9 Å². The quantitative estimate of drug-likeness (QED) is 0.781. The van der Waals surface area contributed by atoms with Crippen LogP contribution in [0.5, 0.6) is 0 Å². The molecule has 0 amide bonds. The van der Waals surface area contributed by atoms with Gasteiger partial charge in [-0.3, -0.25) is 4.79 Å². The molecule has 90 valence electrons. The number of morpholine rings is 1. The van der Waals surface area contributed by atoms with Crippen LogP contribution in [-0.2, 0) is 17.6 Å². The molecule has 1 aromatic rings. The van der Waals surface area contributed by atoms with E-state index in [1.807, 2.05) is 6.07 Å². The van der Waals surface area contributed by atoms with Crippen LogP contribution < -0.4 is 5.32 Å². The number of carbonyl (C=O) groups excluding carboxylic acids is 1. The summed E-state index contributed by atoms with van der Waals surface area (Å²) in [5.74, 6) is 0.166. The number of hydrogen-bond acceptors (Lipinski definition) is 3. The first kappa shape index (κ1) is 10.9. The van der Waals surface area contributed by atoms with Crippen molar-refractivity contribution in [3.63, 3.8) is 0 Å². The van der Waals surface area contributed by atoms with E-state index in [9.17, 15) is 4.79 Å². The number of ether oxygens (including phenoxy) is 1. The molecule has 1 heterocycles. The minimum absolute atomic E-state index is 0.164. The Labute approximate surface area is 101 Å². The van der Waals surface area contributed by atoms with Gasteiger partial charge in [0.15, 0.2) is 5.78 Å². The Morgan fingerprint density at radius 3 is 3.00 bits per heavy atom. The summed E-state index contributed by atoms with van der Waals surface area (Å²) < 4.78 is 5.33. The van der Waals surface area contributed by atoms with Crippen molar-refractivity contribution in [3.8, 4) is 0 Å². The van der Waals surface area contributed by atoms with Crippen molar-refractivity contribution in [3.05, 3.63) is 34.9 Å². The van der Waals surface area contributed by atoms with E-state index in [2.05, 4.69) is 17.4 Å². The molecule has 1 N–H and O–H groups in total. The first-order chi connectivity index (χ1) is 8.34. The Morgan fingerprint density at radius 2 is 2.18 bits per heavy atom. The molecule has 17 heavy (non-hydrogen) atoms. The summed E-state index contributed by atoms with van der Waals surface area (Å²) in [5.41, 5.74) is 3.59. The first-order valence-electron chi connectivity index (χ1n) is 6.32. The van der Waals surface area contributed by atoms with Crippen molar-refractivity contribution in [2.75, 3.05) is 19.8 Å². The van der Waals surface area contributed by atoms with Crippen LogP contribution in [0, 0.1) is 0 Å². The van der Waals surface area contributed by atoms with Gasteiger partial charge in [-0.2, -0.15) is 0 Å². The smallest absolute Gasteiger partial charge is 0.182 e. The lowest BCUT2D eigenvalue weighted by atomic mass is 9.99. The molecule has 1 fully saturated rings. The predicted octanol–water partition coefficient (Wildman–Crippen LogP) is 1.35. The van der Waals surface area contributed by atoms with Crippen molar-refractivity contribution in [1.29, 1.82) is 0 Å². The summed E-state index contributed by atoms with van der Waals surface area (Å²) in [4.78, 5) is 12.3. The number of aryl methyl sites for hydroxylation is 2. The minimum Gasteiger partial charge on any atom is -0.378 e. The second-order valence-corrected chi connectivity index (χ2v) is 4.78. The molecule has 3 nitrogen and oxygen atoms in total. The molecule has 1 aliphatic heterocycles. The third kappa shape index (κ3) is 2.13. The van der Waals surface area contributed by atoms with Gasteiger partial charge in [0, 0.05) is 12.1 Å². The van der Waals surface area contributed by atoms with E-state index in [0.29, 0.717) is 13.2 Å². The number of rotatable bonds is 2. The van der Waals surface area contributed by atoms with Crippen LogP contribution in [0.2, 0.25) is 0 Å². The molecule has 1 saturated heterocycles. The lowest BCUT2D eigenvalue weighted by Gasteiger charge is -2.22. The summed E-state index contributed by atoms with van der Waals surface area (Å²) in [6.45, 7) is 1.96. The van der Waals surface area contributed by atoms with Gasteiger partial charge in [0.2, 0.25) is 0 Å². The molecule has 0 spiro atoms. The van der Waals surface area contributed by atoms with Gasteiger partial charge in [-0.15, -0.1) is 0 Å². The van der Waals surface area contributed by atoms with Crippen LogP contribution in [-0.4, -0.2) is 31.6 Å². The number of hydrogen-bond donors (Lipinski definition) is 1. The van der Waals surface area contributed by atoms with Crippen LogP contribution in [0.4, 0.5) is 0 Å². The van der Waals surface area contributed by atoms with Crippen LogP contribution in [0.3, 0.4) is 0 Å². The SMILES string of the molecule is O=C(c1ccc2c(c1)CCC2)C1COCCN1. The third-order valence-electron chi connectivity index (χ3n) is 3.62. The van der Waals surface area contributed by atoms with Gasteiger partial charge in [0.1, 0.15) is 0 Å². The van der Waals surface area contributed by atoms with E-state index in [1.165, 1.54) is 17.5 Å². The molecule has 2 aliphatic rings. The largest absolute Gasteiger partial charge is 0.378 e. The molecular weight excluding hydrogens is 214 g/mol. The summed E-state index contributed by atoms with van der Waals surface area (Å²) in [6, 6.07) is 5.98. The van der Waals surface area contributed by atoms with E-state index in [4.69, 9.17) is 4.74 Å². The maximum absolute atomic E-state index is 12.3. The molecule has 1 aromatic carbocycles. The lowest BCUT2D eigenvalue weighted by molar-refractivity contribution is 0.0607. The first-order valence-corrected chi connectivity index (χ1v) is 6.32. The second kappa shape index (κ2) is 4.59. The van der Waals surface area contributed by atoms with Gasteiger partial charge in [-0.1, -0.05) is 12.1 Å². The Kier molecular flexibility index (Phi) is 2.95. The van der Waals surface area contributed by atoms with Crippen molar-refractivity contribution in [1.82, 2.24) is 5.32 Å². The zero-order valence-corrected chi connectivity index (χ0v) is 9.87. The Morgan fingerprint density at radius 1 is 1.29 bits per heavy atom. The number of fused-ring (bicyclic) bond motifs is 1. The summed E-state index contributed by atoms with van der Waals surface area (Å²) >= 11 is 0. The normalized spacial score (nSPS) is 23.4. The highest BCUT2D eigenvalue weighted by atomic mass is 16.5. The number of nitrogens with one attached hydrogen (secondary N) is 1. The van der Waals surface area contributed by atoms with Gasteiger partial charge in [0.25, 0.3) is 0 Å². The zero-order chi connectivity index (χ0) is 11.7. The van der Waals surface area contributed by atoms with Gasteiger partial charge >= 0.3 is 0 Å². The highest BCUT2D eigenvalue weighted by Crippen LogP contribution is 2.23. The fraction of sp³-hybridized carbons (Fsp3) is 0.500. The van der Waals surface area contributed by atoms with Crippen molar-refractivity contribution < 1.29 is 9.53 Å². The molecule has 0 bridgehead atoms. The lowest BCUT2D eigenvalue weighted by Crippen LogP contribution is -2.46. The second-order valence-electron chi connectivity index (χ2n) is 4.78. The Hall–Kier alpha value is -1.19. The summed E-state index contributed by atoms with van der Waals surface area (Å²) in [6.07, 6.45) is 3.50. The van der Waals surface area contributed by atoms with Crippen LogP contribution >= 0.6 is 0 Å². The Bertz CT molecular complexity index is 436. The van der Waals surface area contributed by atoms with Crippen molar-refractivity contribution in [2.45, 2.75) is 25.3 Å². The zero-order valence-electron chi connectivity index (χ0n) is 9.87. The number of carbonyl (C=O) groups is 1.